The third-order valence-corrected chi connectivity index (χ3v) is 12.1. The van der Waals surface area contributed by atoms with E-state index in [0.717, 1.165) is 33.2 Å². The topological polar surface area (TPSA) is 30.7 Å². The van der Waals surface area contributed by atoms with E-state index in [2.05, 4.69) is 182 Å². The maximum absolute atomic E-state index is 5.59. The summed E-state index contributed by atoms with van der Waals surface area (Å²) in [5, 5.41) is 13.4. The van der Waals surface area contributed by atoms with Crippen LogP contribution in [-0.2, 0) is 5.41 Å². The van der Waals surface area contributed by atoms with Crippen LogP contribution in [0.5, 0.6) is 0 Å². The molecule has 0 fully saturated rings. The molecule has 3 nitrogen and oxygen atoms in total. The van der Waals surface area contributed by atoms with Crippen LogP contribution in [0, 0.1) is 0 Å². The second-order valence-electron chi connectivity index (χ2n) is 15.3. The lowest BCUT2D eigenvalue weighted by atomic mass is 9.82. The van der Waals surface area contributed by atoms with Crippen molar-refractivity contribution < 1.29 is 0 Å². The van der Waals surface area contributed by atoms with Crippen molar-refractivity contribution in [3.8, 4) is 28.3 Å². The van der Waals surface area contributed by atoms with Gasteiger partial charge in [-0.05, 0) is 84.2 Å². The van der Waals surface area contributed by atoms with Crippen LogP contribution in [0.25, 0.3) is 104 Å². The number of rotatable bonds is 2. The highest BCUT2D eigenvalue weighted by atomic mass is 15.2. The largest absolute Gasteiger partial charge is 0.277 e. The Balaban J connectivity index is 1.23. The molecule has 3 heteroatoms. The van der Waals surface area contributed by atoms with Gasteiger partial charge in [-0.3, -0.25) is 4.57 Å². The lowest BCUT2D eigenvalue weighted by Gasteiger charge is -2.21. The number of fused-ring (bicyclic) bond motifs is 15. The summed E-state index contributed by atoms with van der Waals surface area (Å²) in [6.07, 6.45) is 0. The number of hydrogen-bond donors (Lipinski definition) is 0. The molecule has 0 unspecified atom stereocenters. The number of hydrogen-bond acceptors (Lipinski definition) is 2. The van der Waals surface area contributed by atoms with Crippen LogP contribution in [0.15, 0.2) is 164 Å². The highest BCUT2D eigenvalue weighted by molar-refractivity contribution is 6.32. The predicted molar refractivity (Wildman–Crippen MR) is 227 cm³/mol. The first kappa shape index (κ1) is 29.7. The van der Waals surface area contributed by atoms with Crippen molar-refractivity contribution >= 4 is 75.8 Å². The van der Waals surface area contributed by atoms with Crippen molar-refractivity contribution in [3.05, 3.63) is 175 Å². The minimum absolute atomic E-state index is 0.157. The van der Waals surface area contributed by atoms with E-state index in [-0.39, 0.29) is 5.41 Å². The first-order valence-electron chi connectivity index (χ1n) is 18.8. The molecule has 0 spiro atoms. The van der Waals surface area contributed by atoms with Gasteiger partial charge in [0.25, 0.3) is 0 Å². The summed E-state index contributed by atoms with van der Waals surface area (Å²) in [5.74, 6) is 0.677. The van der Waals surface area contributed by atoms with Crippen molar-refractivity contribution in [2.24, 2.45) is 0 Å². The van der Waals surface area contributed by atoms with Crippen LogP contribution in [0.3, 0.4) is 0 Å². The van der Waals surface area contributed by atoms with E-state index >= 15 is 0 Å². The van der Waals surface area contributed by atoms with Crippen LogP contribution >= 0.6 is 0 Å². The molecule has 11 aromatic rings. The Morgan fingerprint density at radius 3 is 1.94 bits per heavy atom. The maximum Gasteiger partial charge on any atom is 0.235 e. The second kappa shape index (κ2) is 10.6. The molecule has 54 heavy (non-hydrogen) atoms. The standard InChI is InChI=1S/C51H33N3/c1-51(2)43-21-11-9-17-37(43)41-28-42-46(29-44(41)51)54(49-39-19-8-6-16-36(39)35-15-5-7-18-38(35)47(42)49)50-52-45-22-12-10-20-40(45)48(53-50)32-25-26-34-31(27-32)24-23-30-13-3-4-14-33(30)34/h3-29H,1-2H3. The summed E-state index contributed by atoms with van der Waals surface area (Å²) < 4.78 is 2.36. The average molecular weight is 688 g/mol. The van der Waals surface area contributed by atoms with Crippen molar-refractivity contribution in [2.75, 3.05) is 0 Å². The second-order valence-corrected chi connectivity index (χ2v) is 15.3. The van der Waals surface area contributed by atoms with E-state index < -0.39 is 0 Å². The van der Waals surface area contributed by atoms with Gasteiger partial charge in [-0.15, -0.1) is 0 Å². The van der Waals surface area contributed by atoms with E-state index in [0.29, 0.717) is 5.95 Å². The molecule has 9 aromatic carbocycles. The predicted octanol–water partition coefficient (Wildman–Crippen LogP) is 13.3. The van der Waals surface area contributed by atoms with Crippen LogP contribution in [0.1, 0.15) is 25.0 Å². The summed E-state index contributed by atoms with van der Waals surface area (Å²) in [6.45, 7) is 4.71. The van der Waals surface area contributed by atoms with Crippen LogP contribution in [0.4, 0.5) is 0 Å². The quantitative estimate of drug-likeness (QED) is 0.169. The smallest absolute Gasteiger partial charge is 0.235 e. The highest BCUT2D eigenvalue weighted by Crippen LogP contribution is 2.52. The van der Waals surface area contributed by atoms with E-state index in [1.165, 1.54) is 76.1 Å². The molecule has 12 rings (SSSR count). The Bertz CT molecular complexity index is 3420. The fraction of sp³-hybridized carbons (Fsp3) is 0.0588. The van der Waals surface area contributed by atoms with Crippen molar-refractivity contribution in [1.82, 2.24) is 14.5 Å². The molecule has 0 saturated heterocycles. The SMILES string of the molecule is CC1(C)c2ccccc2-c2cc3c4c5ccccc5c5ccccc5c4n(-c4nc(-c5ccc6c(ccc7ccccc76)c5)c5ccccc5n4)c3cc21. The van der Waals surface area contributed by atoms with Gasteiger partial charge in [0.2, 0.25) is 5.95 Å². The Morgan fingerprint density at radius 1 is 0.444 bits per heavy atom. The summed E-state index contributed by atoms with van der Waals surface area (Å²) in [5.41, 5.74) is 10.4. The van der Waals surface area contributed by atoms with E-state index in [1.54, 1.807) is 0 Å². The van der Waals surface area contributed by atoms with Gasteiger partial charge in [-0.2, -0.15) is 0 Å². The molecule has 2 heterocycles. The van der Waals surface area contributed by atoms with Gasteiger partial charge < -0.3 is 0 Å². The Hall–Kier alpha value is -6.84. The molecule has 0 N–H and O–H groups in total. The molecule has 0 bridgehead atoms. The molecule has 1 aliphatic rings. The average Bonchev–Trinajstić information content (AvgIpc) is 3.68. The number of aromatic nitrogens is 3. The van der Waals surface area contributed by atoms with Crippen molar-refractivity contribution in [2.45, 2.75) is 19.3 Å². The maximum atomic E-state index is 5.59. The lowest BCUT2D eigenvalue weighted by molar-refractivity contribution is 0.661. The summed E-state index contributed by atoms with van der Waals surface area (Å²) in [7, 11) is 0. The monoisotopic (exact) mass is 687 g/mol. The van der Waals surface area contributed by atoms with Gasteiger partial charge in [-0.1, -0.05) is 153 Å². The zero-order chi connectivity index (χ0) is 35.7. The Kier molecular flexibility index (Phi) is 5.84. The fourth-order valence-corrected chi connectivity index (χ4v) is 9.62. The van der Waals surface area contributed by atoms with Crippen LogP contribution in [0.2, 0.25) is 0 Å². The van der Waals surface area contributed by atoms with Gasteiger partial charge in [0.1, 0.15) is 0 Å². The van der Waals surface area contributed by atoms with Crippen LogP contribution in [-0.4, -0.2) is 14.5 Å². The molecule has 0 amide bonds. The fourth-order valence-electron chi connectivity index (χ4n) is 9.62. The molecular weight excluding hydrogens is 655 g/mol. The summed E-state index contributed by atoms with van der Waals surface area (Å²) >= 11 is 0. The first-order chi connectivity index (χ1) is 26.5. The van der Waals surface area contributed by atoms with Gasteiger partial charge in [-0.25, -0.2) is 9.97 Å². The van der Waals surface area contributed by atoms with Gasteiger partial charge in [0.05, 0.1) is 22.2 Å². The molecule has 0 radical (unpaired) electrons. The third-order valence-electron chi connectivity index (χ3n) is 12.1. The molecule has 252 valence electrons. The molecule has 2 aromatic heterocycles. The van der Waals surface area contributed by atoms with Gasteiger partial charge in [0, 0.05) is 32.5 Å². The molecule has 0 aliphatic heterocycles. The zero-order valence-electron chi connectivity index (χ0n) is 29.9. The minimum Gasteiger partial charge on any atom is -0.277 e. The highest BCUT2D eigenvalue weighted by Gasteiger charge is 2.36. The lowest BCUT2D eigenvalue weighted by Crippen LogP contribution is -2.15. The Morgan fingerprint density at radius 2 is 1.09 bits per heavy atom. The first-order valence-corrected chi connectivity index (χ1v) is 18.8. The van der Waals surface area contributed by atoms with E-state index in [4.69, 9.17) is 9.97 Å². The third kappa shape index (κ3) is 3.91. The molecule has 0 atom stereocenters. The minimum atomic E-state index is -0.157. The molecule has 0 saturated carbocycles. The Labute approximate surface area is 311 Å². The molecule has 1 aliphatic carbocycles. The number of para-hydroxylation sites is 1. The number of nitrogens with zero attached hydrogens (tertiary/aromatic N) is 3. The number of benzene rings is 9. The van der Waals surface area contributed by atoms with Crippen LogP contribution < -0.4 is 0 Å². The van der Waals surface area contributed by atoms with Gasteiger partial charge >= 0.3 is 0 Å². The van der Waals surface area contributed by atoms with Crippen molar-refractivity contribution in [3.63, 3.8) is 0 Å². The van der Waals surface area contributed by atoms with E-state index in [1.807, 2.05) is 0 Å². The van der Waals surface area contributed by atoms with Gasteiger partial charge in [0.15, 0.2) is 0 Å². The van der Waals surface area contributed by atoms with E-state index in [9.17, 15) is 0 Å². The zero-order valence-corrected chi connectivity index (χ0v) is 29.9. The summed E-state index contributed by atoms with van der Waals surface area (Å²) in [6, 6.07) is 59.8. The van der Waals surface area contributed by atoms with Crippen molar-refractivity contribution in [1.29, 1.82) is 0 Å². The summed E-state index contributed by atoms with van der Waals surface area (Å²) in [4.78, 5) is 11.0. The molecular formula is C51H33N3. The normalized spacial score (nSPS) is 13.5.